The van der Waals surface area contributed by atoms with Gasteiger partial charge in [-0.15, -0.1) is 0 Å². The number of alkyl halides is 3. The molecule has 1 unspecified atom stereocenters. The van der Waals surface area contributed by atoms with Crippen LogP contribution < -0.4 is 10.5 Å². The van der Waals surface area contributed by atoms with Gasteiger partial charge in [-0.3, -0.25) is 0 Å². The first-order valence-electron chi connectivity index (χ1n) is 5.24. The summed E-state index contributed by atoms with van der Waals surface area (Å²) in [6, 6.07) is 4.89. The van der Waals surface area contributed by atoms with Gasteiger partial charge in [-0.1, -0.05) is 0 Å². The van der Waals surface area contributed by atoms with Crippen LogP contribution in [0.5, 0.6) is 5.75 Å². The lowest BCUT2D eigenvalue weighted by Gasteiger charge is -2.22. The summed E-state index contributed by atoms with van der Waals surface area (Å²) in [6.45, 7) is 2.53. The lowest BCUT2D eigenvalue weighted by molar-refractivity contribution is -0.191. The van der Waals surface area contributed by atoms with E-state index in [2.05, 4.69) is 0 Å². The van der Waals surface area contributed by atoms with Gasteiger partial charge in [-0.05, 0) is 37.1 Å². The van der Waals surface area contributed by atoms with Crippen molar-refractivity contribution in [3.8, 4) is 11.8 Å². The largest absolute Gasteiger partial charge is 0.479 e. The molecule has 0 fully saturated rings. The van der Waals surface area contributed by atoms with Crippen molar-refractivity contribution in [2.24, 2.45) is 5.73 Å². The van der Waals surface area contributed by atoms with Crippen molar-refractivity contribution in [1.82, 2.24) is 0 Å². The summed E-state index contributed by atoms with van der Waals surface area (Å²) in [5, 5.41) is 8.74. The van der Waals surface area contributed by atoms with Crippen LogP contribution in [0, 0.1) is 25.2 Å². The van der Waals surface area contributed by atoms with Crippen molar-refractivity contribution in [2.75, 3.05) is 6.54 Å². The van der Waals surface area contributed by atoms with Crippen LogP contribution in [0.1, 0.15) is 16.7 Å². The minimum atomic E-state index is -4.51. The molecule has 0 saturated carbocycles. The fourth-order valence-corrected chi connectivity index (χ4v) is 1.59. The van der Waals surface area contributed by atoms with Crippen molar-refractivity contribution in [3.05, 3.63) is 28.8 Å². The van der Waals surface area contributed by atoms with Gasteiger partial charge in [0.2, 0.25) is 6.10 Å². The van der Waals surface area contributed by atoms with Crippen LogP contribution in [0.4, 0.5) is 13.2 Å². The van der Waals surface area contributed by atoms with E-state index in [0.29, 0.717) is 16.7 Å². The normalized spacial score (nSPS) is 12.9. The van der Waals surface area contributed by atoms with Crippen LogP contribution >= 0.6 is 0 Å². The molecule has 1 aromatic rings. The van der Waals surface area contributed by atoms with Gasteiger partial charge in [-0.25, -0.2) is 0 Å². The van der Waals surface area contributed by atoms with Crippen LogP contribution in [0.25, 0.3) is 0 Å². The van der Waals surface area contributed by atoms with E-state index in [1.165, 1.54) is 12.1 Å². The highest BCUT2D eigenvalue weighted by Gasteiger charge is 2.41. The fraction of sp³-hybridized carbons (Fsp3) is 0.417. The Bertz CT molecular complexity index is 454. The maximum Gasteiger partial charge on any atom is 0.426 e. The zero-order valence-corrected chi connectivity index (χ0v) is 10.0. The van der Waals surface area contributed by atoms with Gasteiger partial charge in [0.05, 0.1) is 11.6 Å². The predicted octanol–water partition coefficient (Wildman–Crippen LogP) is 2.44. The molecule has 2 N–H and O–H groups in total. The molecule has 3 nitrogen and oxygen atoms in total. The van der Waals surface area contributed by atoms with Crippen molar-refractivity contribution in [2.45, 2.75) is 26.1 Å². The fourth-order valence-electron chi connectivity index (χ4n) is 1.59. The molecule has 0 heterocycles. The lowest BCUT2D eigenvalue weighted by atomic mass is 10.1. The molecule has 0 saturated heterocycles. The number of benzene rings is 1. The minimum absolute atomic E-state index is 0.127. The van der Waals surface area contributed by atoms with E-state index in [-0.39, 0.29) is 5.75 Å². The highest BCUT2D eigenvalue weighted by Crippen LogP contribution is 2.30. The van der Waals surface area contributed by atoms with Crippen molar-refractivity contribution in [1.29, 1.82) is 5.26 Å². The molecule has 0 bridgehead atoms. The highest BCUT2D eigenvalue weighted by molar-refractivity contribution is 5.47. The number of nitriles is 1. The number of ether oxygens (including phenoxy) is 1. The number of nitrogens with zero attached hydrogens (tertiary/aromatic N) is 1. The van der Waals surface area contributed by atoms with Gasteiger partial charge < -0.3 is 10.5 Å². The summed E-state index contributed by atoms with van der Waals surface area (Å²) in [4.78, 5) is 0. The van der Waals surface area contributed by atoms with E-state index < -0.39 is 18.8 Å². The highest BCUT2D eigenvalue weighted by atomic mass is 19.4. The van der Waals surface area contributed by atoms with Gasteiger partial charge in [0.1, 0.15) is 5.75 Å². The maximum absolute atomic E-state index is 12.6. The molecule has 6 heteroatoms. The summed E-state index contributed by atoms with van der Waals surface area (Å²) in [5.41, 5.74) is 6.41. The molecule has 0 radical (unpaired) electrons. The SMILES string of the molecule is Cc1cc(C#N)cc(C)c1OC(CN)C(F)(F)F. The molecule has 1 atom stereocenters. The maximum atomic E-state index is 12.6. The minimum Gasteiger partial charge on any atom is -0.479 e. The molecule has 0 aliphatic rings. The third-order valence-electron chi connectivity index (χ3n) is 2.43. The first-order valence-corrected chi connectivity index (χ1v) is 5.24. The number of rotatable bonds is 3. The molecule has 98 valence electrons. The van der Waals surface area contributed by atoms with Crippen LogP contribution in [0.2, 0.25) is 0 Å². The summed E-state index contributed by atoms with van der Waals surface area (Å²) in [6.07, 6.45) is -6.55. The molecule has 0 amide bonds. The van der Waals surface area contributed by atoms with Gasteiger partial charge in [-0.2, -0.15) is 18.4 Å². The monoisotopic (exact) mass is 258 g/mol. The molecule has 18 heavy (non-hydrogen) atoms. The molecule has 1 aromatic carbocycles. The Morgan fingerprint density at radius 3 is 2.17 bits per heavy atom. The van der Waals surface area contributed by atoms with E-state index in [1.54, 1.807) is 13.8 Å². The topological polar surface area (TPSA) is 59.0 Å². The van der Waals surface area contributed by atoms with Gasteiger partial charge in [0, 0.05) is 6.54 Å². The Kier molecular flexibility index (Phi) is 4.19. The van der Waals surface area contributed by atoms with Gasteiger partial charge >= 0.3 is 6.18 Å². The van der Waals surface area contributed by atoms with E-state index in [1.807, 2.05) is 6.07 Å². The Morgan fingerprint density at radius 1 is 1.33 bits per heavy atom. The van der Waals surface area contributed by atoms with Crippen LogP contribution in [0.15, 0.2) is 12.1 Å². The molecule has 1 rings (SSSR count). The van der Waals surface area contributed by atoms with Crippen LogP contribution in [0.3, 0.4) is 0 Å². The van der Waals surface area contributed by atoms with E-state index in [0.717, 1.165) is 0 Å². The second kappa shape index (κ2) is 5.27. The third-order valence-corrected chi connectivity index (χ3v) is 2.43. The third kappa shape index (κ3) is 3.14. The summed E-state index contributed by atoms with van der Waals surface area (Å²) in [5.74, 6) is 0.127. The second-order valence-electron chi connectivity index (χ2n) is 3.93. The van der Waals surface area contributed by atoms with Gasteiger partial charge in [0.15, 0.2) is 0 Å². The molecular weight excluding hydrogens is 245 g/mol. The Hall–Kier alpha value is -1.74. The Morgan fingerprint density at radius 2 is 1.83 bits per heavy atom. The van der Waals surface area contributed by atoms with E-state index >= 15 is 0 Å². The summed E-state index contributed by atoms with van der Waals surface area (Å²) < 4.78 is 42.6. The average molecular weight is 258 g/mol. The average Bonchev–Trinajstić information content (AvgIpc) is 2.26. The number of hydrogen-bond donors (Lipinski definition) is 1. The quantitative estimate of drug-likeness (QED) is 0.905. The van der Waals surface area contributed by atoms with E-state index in [4.69, 9.17) is 15.7 Å². The number of hydrogen-bond acceptors (Lipinski definition) is 3. The smallest absolute Gasteiger partial charge is 0.426 e. The number of aryl methyl sites for hydroxylation is 2. The van der Waals surface area contributed by atoms with Crippen LogP contribution in [-0.4, -0.2) is 18.8 Å². The second-order valence-corrected chi connectivity index (χ2v) is 3.93. The Labute approximate surface area is 103 Å². The molecule has 0 aliphatic heterocycles. The predicted molar refractivity (Wildman–Crippen MR) is 60.2 cm³/mol. The standard InChI is InChI=1S/C12H13F3N2O/c1-7-3-9(5-16)4-8(2)11(7)18-10(6-17)12(13,14)15/h3-4,10H,6,17H2,1-2H3. The number of halogens is 3. The molecule has 0 aromatic heterocycles. The zero-order chi connectivity index (χ0) is 13.9. The first-order chi connectivity index (χ1) is 8.29. The van der Waals surface area contributed by atoms with Gasteiger partial charge in [0.25, 0.3) is 0 Å². The summed E-state index contributed by atoms with van der Waals surface area (Å²) in [7, 11) is 0. The van der Waals surface area contributed by atoms with Crippen molar-refractivity contribution in [3.63, 3.8) is 0 Å². The van der Waals surface area contributed by atoms with Crippen molar-refractivity contribution < 1.29 is 17.9 Å². The molecule has 0 aliphatic carbocycles. The Balaban J connectivity index is 3.09. The summed E-state index contributed by atoms with van der Waals surface area (Å²) >= 11 is 0. The number of nitrogens with two attached hydrogens (primary N) is 1. The van der Waals surface area contributed by atoms with Crippen LogP contribution in [-0.2, 0) is 0 Å². The van der Waals surface area contributed by atoms with E-state index in [9.17, 15) is 13.2 Å². The molecular formula is C12H13F3N2O. The van der Waals surface area contributed by atoms with Crippen molar-refractivity contribution >= 4 is 0 Å². The molecule has 0 spiro atoms. The first kappa shape index (κ1) is 14.3. The lowest BCUT2D eigenvalue weighted by Crippen LogP contribution is -2.41. The zero-order valence-electron chi connectivity index (χ0n) is 10.0.